The topological polar surface area (TPSA) is 61.9 Å². The van der Waals surface area contributed by atoms with Crippen molar-refractivity contribution in [2.45, 2.75) is 34.0 Å². The van der Waals surface area contributed by atoms with Crippen molar-refractivity contribution in [2.75, 3.05) is 6.54 Å². The molecule has 0 unspecified atom stereocenters. The normalized spacial score (nSPS) is 10.8. The molecule has 0 fully saturated rings. The second-order valence-electron chi connectivity index (χ2n) is 5.42. The summed E-state index contributed by atoms with van der Waals surface area (Å²) < 4.78 is 14.6. The molecule has 0 N–H and O–H groups in total. The molecule has 0 bridgehead atoms. The molecule has 23 heavy (non-hydrogen) atoms. The number of aromatic nitrogens is 2. The van der Waals surface area contributed by atoms with Crippen molar-refractivity contribution in [1.29, 1.82) is 5.26 Å². The lowest BCUT2D eigenvalue weighted by Crippen LogP contribution is -2.35. The van der Waals surface area contributed by atoms with Gasteiger partial charge in [-0.15, -0.1) is 0 Å². The zero-order valence-corrected chi connectivity index (χ0v) is 13.5. The molecule has 6 heteroatoms. The highest BCUT2D eigenvalue weighted by molar-refractivity contribution is 5.36. The summed E-state index contributed by atoms with van der Waals surface area (Å²) in [6, 6.07) is 8.32. The third-order valence-corrected chi connectivity index (χ3v) is 3.82. The summed E-state index contributed by atoms with van der Waals surface area (Å²) in [6.07, 6.45) is 0. The highest BCUT2D eigenvalue weighted by Gasteiger charge is 2.14. The highest BCUT2D eigenvalue weighted by atomic mass is 19.1. The molecule has 0 saturated heterocycles. The first-order valence-electron chi connectivity index (χ1n) is 7.41. The average molecular weight is 314 g/mol. The van der Waals surface area contributed by atoms with Crippen molar-refractivity contribution in [3.05, 3.63) is 62.8 Å². The average Bonchev–Trinajstić information content (AvgIpc) is 2.52. The maximum absolute atomic E-state index is 13.3. The third-order valence-electron chi connectivity index (χ3n) is 3.82. The predicted molar refractivity (Wildman–Crippen MR) is 85.2 cm³/mol. The Labute approximate surface area is 134 Å². The van der Waals surface area contributed by atoms with Crippen molar-refractivity contribution in [2.24, 2.45) is 0 Å². The lowest BCUT2D eigenvalue weighted by Gasteiger charge is -2.21. The largest absolute Gasteiger partial charge is 0.286 e. The van der Waals surface area contributed by atoms with Crippen LogP contribution in [0.3, 0.4) is 0 Å². The van der Waals surface area contributed by atoms with E-state index < -0.39 is 5.56 Å². The zero-order chi connectivity index (χ0) is 17.0. The van der Waals surface area contributed by atoms with E-state index in [2.05, 4.69) is 5.10 Å². The minimum Gasteiger partial charge on any atom is -0.280 e. The third kappa shape index (κ3) is 3.82. The summed E-state index contributed by atoms with van der Waals surface area (Å²) in [5.41, 5.74) is 1.82. The SMILES string of the molecule is CCN(Cc1cccc(F)c1)Cn1nc(C)c(C)c(C#N)c1=O. The molecule has 0 amide bonds. The number of aryl methyl sites for hydroxylation is 1. The van der Waals surface area contributed by atoms with Crippen molar-refractivity contribution < 1.29 is 4.39 Å². The van der Waals surface area contributed by atoms with Crippen LogP contribution in [0, 0.1) is 31.0 Å². The van der Waals surface area contributed by atoms with Gasteiger partial charge in [0, 0.05) is 6.54 Å². The fourth-order valence-electron chi connectivity index (χ4n) is 2.34. The molecule has 2 aromatic rings. The summed E-state index contributed by atoms with van der Waals surface area (Å²) in [7, 11) is 0. The molecule has 0 radical (unpaired) electrons. The number of hydrogen-bond acceptors (Lipinski definition) is 4. The van der Waals surface area contributed by atoms with Crippen LogP contribution in [0.25, 0.3) is 0 Å². The molecule has 0 atom stereocenters. The fraction of sp³-hybridized carbons (Fsp3) is 0.353. The standard InChI is InChI=1S/C17H19FN4O/c1-4-21(10-14-6-5-7-15(18)8-14)11-22-17(23)16(9-19)12(2)13(3)20-22/h5-8H,4,10-11H2,1-3H3. The quantitative estimate of drug-likeness (QED) is 0.850. The fourth-order valence-corrected chi connectivity index (χ4v) is 2.34. The molecular formula is C17H19FN4O. The van der Waals surface area contributed by atoms with Gasteiger partial charge in [0.25, 0.3) is 5.56 Å². The van der Waals surface area contributed by atoms with E-state index in [1.165, 1.54) is 16.8 Å². The number of rotatable bonds is 5. The molecular weight excluding hydrogens is 295 g/mol. The molecule has 0 aliphatic rings. The van der Waals surface area contributed by atoms with Crippen LogP contribution in [0.4, 0.5) is 4.39 Å². The first kappa shape index (κ1) is 16.8. The van der Waals surface area contributed by atoms with E-state index in [1.807, 2.05) is 24.0 Å². The monoisotopic (exact) mass is 314 g/mol. The van der Waals surface area contributed by atoms with Crippen LogP contribution < -0.4 is 5.56 Å². The highest BCUT2D eigenvalue weighted by Crippen LogP contribution is 2.09. The van der Waals surface area contributed by atoms with Crippen LogP contribution in [0.5, 0.6) is 0 Å². The summed E-state index contributed by atoms with van der Waals surface area (Å²) in [5.74, 6) is -0.285. The molecule has 2 rings (SSSR count). The van der Waals surface area contributed by atoms with E-state index in [0.717, 1.165) is 5.56 Å². The van der Waals surface area contributed by atoms with E-state index >= 15 is 0 Å². The van der Waals surface area contributed by atoms with Crippen LogP contribution >= 0.6 is 0 Å². The van der Waals surface area contributed by atoms with Gasteiger partial charge in [-0.1, -0.05) is 19.1 Å². The van der Waals surface area contributed by atoms with Gasteiger partial charge in [0.05, 0.1) is 12.4 Å². The molecule has 1 aromatic carbocycles. The number of nitrogens with zero attached hydrogens (tertiary/aromatic N) is 4. The Bertz CT molecular complexity index is 807. The lowest BCUT2D eigenvalue weighted by molar-refractivity contribution is 0.203. The summed E-state index contributed by atoms with van der Waals surface area (Å²) in [5, 5.41) is 13.4. The maximum Gasteiger partial charge on any atom is 0.286 e. The maximum atomic E-state index is 13.3. The summed E-state index contributed by atoms with van der Waals surface area (Å²) in [6.45, 7) is 6.86. The van der Waals surface area contributed by atoms with E-state index in [0.29, 0.717) is 24.3 Å². The Balaban J connectivity index is 2.28. The second kappa shape index (κ2) is 7.16. The molecule has 1 aromatic heterocycles. The number of hydrogen-bond donors (Lipinski definition) is 0. The Morgan fingerprint density at radius 1 is 1.39 bits per heavy atom. The van der Waals surface area contributed by atoms with E-state index in [9.17, 15) is 9.18 Å². The Morgan fingerprint density at radius 3 is 2.74 bits per heavy atom. The predicted octanol–water partition coefficient (Wildman–Crippen LogP) is 2.35. The van der Waals surface area contributed by atoms with Gasteiger partial charge >= 0.3 is 0 Å². The first-order chi connectivity index (χ1) is 11.0. The number of benzene rings is 1. The molecule has 0 spiro atoms. The van der Waals surface area contributed by atoms with Gasteiger partial charge < -0.3 is 0 Å². The molecule has 120 valence electrons. The summed E-state index contributed by atoms with van der Waals surface area (Å²) in [4.78, 5) is 14.3. The first-order valence-corrected chi connectivity index (χ1v) is 7.41. The van der Waals surface area contributed by atoms with Gasteiger partial charge in [0.1, 0.15) is 17.4 Å². The molecule has 0 aliphatic carbocycles. The van der Waals surface area contributed by atoms with Crippen molar-refractivity contribution >= 4 is 0 Å². The molecule has 0 saturated carbocycles. The van der Waals surface area contributed by atoms with Crippen LogP contribution in [0.15, 0.2) is 29.1 Å². The Kier molecular flexibility index (Phi) is 5.24. The van der Waals surface area contributed by atoms with Gasteiger partial charge in [-0.25, -0.2) is 9.07 Å². The van der Waals surface area contributed by atoms with Gasteiger partial charge in [0.2, 0.25) is 0 Å². The van der Waals surface area contributed by atoms with Crippen molar-refractivity contribution in [1.82, 2.24) is 14.7 Å². The zero-order valence-electron chi connectivity index (χ0n) is 13.5. The van der Waals surface area contributed by atoms with E-state index in [4.69, 9.17) is 5.26 Å². The lowest BCUT2D eigenvalue weighted by atomic mass is 10.1. The number of halogens is 1. The Hall–Kier alpha value is -2.52. The van der Waals surface area contributed by atoms with Gasteiger partial charge in [0.15, 0.2) is 0 Å². The smallest absolute Gasteiger partial charge is 0.280 e. The molecule has 5 nitrogen and oxygen atoms in total. The van der Waals surface area contributed by atoms with Gasteiger partial charge in [-0.2, -0.15) is 10.4 Å². The van der Waals surface area contributed by atoms with Gasteiger partial charge in [-0.05, 0) is 43.7 Å². The second-order valence-corrected chi connectivity index (χ2v) is 5.42. The van der Waals surface area contributed by atoms with Crippen LogP contribution in [0.2, 0.25) is 0 Å². The van der Waals surface area contributed by atoms with E-state index in [-0.39, 0.29) is 18.0 Å². The molecule has 1 heterocycles. The molecule has 0 aliphatic heterocycles. The van der Waals surface area contributed by atoms with Gasteiger partial charge in [-0.3, -0.25) is 9.69 Å². The Morgan fingerprint density at radius 2 is 2.13 bits per heavy atom. The minimum atomic E-state index is -0.395. The van der Waals surface area contributed by atoms with Crippen LogP contribution in [0.1, 0.15) is 29.3 Å². The van der Waals surface area contributed by atoms with Crippen LogP contribution in [-0.4, -0.2) is 21.2 Å². The van der Waals surface area contributed by atoms with Crippen LogP contribution in [-0.2, 0) is 13.2 Å². The number of nitriles is 1. The van der Waals surface area contributed by atoms with Crippen molar-refractivity contribution in [3.8, 4) is 6.07 Å². The summed E-state index contributed by atoms with van der Waals surface area (Å²) >= 11 is 0. The van der Waals surface area contributed by atoms with E-state index in [1.54, 1.807) is 19.9 Å². The minimum absolute atomic E-state index is 0.124. The van der Waals surface area contributed by atoms with Crippen molar-refractivity contribution in [3.63, 3.8) is 0 Å².